The highest BCUT2D eigenvalue weighted by atomic mass is 16.2. The number of nitrogens with two attached hydrogens (primary N) is 1. The van der Waals surface area contributed by atoms with Crippen molar-refractivity contribution in [2.75, 3.05) is 33.7 Å². The first-order valence-electron chi connectivity index (χ1n) is 6.93. The minimum absolute atomic E-state index is 0.0965. The summed E-state index contributed by atoms with van der Waals surface area (Å²) in [7, 11) is 4.04. The van der Waals surface area contributed by atoms with Gasteiger partial charge in [-0.1, -0.05) is 27.7 Å². The quantitative estimate of drug-likeness (QED) is 0.715. The fraction of sp³-hybridized carbons (Fsp3) is 0.929. The van der Waals surface area contributed by atoms with Crippen LogP contribution in [0.3, 0.4) is 0 Å². The van der Waals surface area contributed by atoms with Gasteiger partial charge in [0.15, 0.2) is 0 Å². The molecule has 1 amide bonds. The molecule has 0 spiro atoms. The predicted octanol–water partition coefficient (Wildman–Crippen LogP) is 1.41. The number of amides is 1. The van der Waals surface area contributed by atoms with Crippen molar-refractivity contribution in [3.8, 4) is 0 Å². The molecule has 0 rings (SSSR count). The van der Waals surface area contributed by atoms with Crippen molar-refractivity contribution < 1.29 is 4.79 Å². The lowest BCUT2D eigenvalue weighted by Crippen LogP contribution is -2.47. The molecular weight excluding hydrogens is 226 g/mol. The van der Waals surface area contributed by atoms with Crippen molar-refractivity contribution in [2.45, 2.75) is 40.2 Å². The fourth-order valence-electron chi connectivity index (χ4n) is 1.90. The molecule has 108 valence electrons. The van der Waals surface area contributed by atoms with Crippen LogP contribution in [0.15, 0.2) is 0 Å². The van der Waals surface area contributed by atoms with Crippen molar-refractivity contribution in [1.29, 1.82) is 0 Å². The molecule has 4 heteroatoms. The molecule has 4 nitrogen and oxygen atoms in total. The molecule has 0 fully saturated rings. The molecule has 0 saturated carbocycles. The van der Waals surface area contributed by atoms with Crippen LogP contribution in [0.4, 0.5) is 0 Å². The van der Waals surface area contributed by atoms with E-state index in [0.29, 0.717) is 11.8 Å². The number of likely N-dealkylation sites (N-methyl/N-ethyl adjacent to an activating group) is 1. The smallest absolute Gasteiger partial charge is 0.239 e. The second-order valence-corrected chi connectivity index (χ2v) is 6.22. The van der Waals surface area contributed by atoms with Crippen LogP contribution in [0.5, 0.6) is 0 Å². The summed E-state index contributed by atoms with van der Waals surface area (Å²) in [5.74, 6) is 1.03. The van der Waals surface area contributed by atoms with Gasteiger partial charge in [-0.05, 0) is 32.4 Å². The molecule has 0 saturated heterocycles. The summed E-state index contributed by atoms with van der Waals surface area (Å²) in [5, 5.41) is 0. The Balaban J connectivity index is 4.47. The number of rotatable bonds is 8. The van der Waals surface area contributed by atoms with E-state index in [4.69, 9.17) is 5.73 Å². The first-order valence-corrected chi connectivity index (χ1v) is 6.93. The average molecular weight is 257 g/mol. The summed E-state index contributed by atoms with van der Waals surface area (Å²) >= 11 is 0. The lowest BCUT2D eigenvalue weighted by molar-refractivity contribution is -0.133. The summed E-state index contributed by atoms with van der Waals surface area (Å²) in [5.41, 5.74) is 6.00. The molecule has 0 radical (unpaired) electrons. The van der Waals surface area contributed by atoms with Crippen LogP contribution in [-0.2, 0) is 4.79 Å². The first-order chi connectivity index (χ1) is 8.23. The van der Waals surface area contributed by atoms with Crippen LogP contribution in [0.2, 0.25) is 0 Å². The SMILES string of the molecule is CC(C)C[C@H](N)C(=O)N(CCN(C)C)CC(C)C. The van der Waals surface area contributed by atoms with Gasteiger partial charge in [0.1, 0.15) is 0 Å². The Hall–Kier alpha value is -0.610. The molecule has 18 heavy (non-hydrogen) atoms. The molecule has 0 aromatic heterocycles. The van der Waals surface area contributed by atoms with Gasteiger partial charge in [0.05, 0.1) is 6.04 Å². The predicted molar refractivity (Wildman–Crippen MR) is 77.4 cm³/mol. The van der Waals surface area contributed by atoms with Crippen LogP contribution in [0.25, 0.3) is 0 Å². The zero-order chi connectivity index (χ0) is 14.3. The van der Waals surface area contributed by atoms with Crippen molar-refractivity contribution in [2.24, 2.45) is 17.6 Å². The van der Waals surface area contributed by atoms with Crippen LogP contribution >= 0.6 is 0 Å². The average Bonchev–Trinajstić information content (AvgIpc) is 2.21. The van der Waals surface area contributed by atoms with Crippen LogP contribution in [0, 0.1) is 11.8 Å². The second kappa shape index (κ2) is 8.48. The summed E-state index contributed by atoms with van der Waals surface area (Å²) in [6.45, 7) is 10.9. The molecule has 0 bridgehead atoms. The molecule has 1 atom stereocenters. The van der Waals surface area contributed by atoms with Crippen LogP contribution in [-0.4, -0.2) is 55.5 Å². The van der Waals surface area contributed by atoms with Gasteiger partial charge in [0, 0.05) is 19.6 Å². The summed E-state index contributed by atoms with van der Waals surface area (Å²) in [6.07, 6.45) is 0.759. The number of carbonyl (C=O) groups excluding carboxylic acids is 1. The Kier molecular flexibility index (Phi) is 8.20. The zero-order valence-electron chi connectivity index (χ0n) is 12.9. The van der Waals surface area contributed by atoms with E-state index < -0.39 is 0 Å². The van der Waals surface area contributed by atoms with Gasteiger partial charge >= 0.3 is 0 Å². The molecule has 0 heterocycles. The van der Waals surface area contributed by atoms with Crippen molar-refractivity contribution in [3.05, 3.63) is 0 Å². The van der Waals surface area contributed by atoms with E-state index >= 15 is 0 Å². The molecule has 0 aromatic carbocycles. The maximum Gasteiger partial charge on any atom is 0.239 e. The van der Waals surface area contributed by atoms with E-state index in [2.05, 4.69) is 32.6 Å². The highest BCUT2D eigenvalue weighted by Gasteiger charge is 2.22. The van der Waals surface area contributed by atoms with Crippen molar-refractivity contribution in [1.82, 2.24) is 9.80 Å². The van der Waals surface area contributed by atoms with Gasteiger partial charge in [0.25, 0.3) is 0 Å². The van der Waals surface area contributed by atoms with Gasteiger partial charge < -0.3 is 15.5 Å². The standard InChI is InChI=1S/C14H31N3O/c1-11(2)9-13(15)14(18)17(10-12(3)4)8-7-16(5)6/h11-13H,7-10,15H2,1-6H3/t13-/m0/s1. The number of nitrogens with zero attached hydrogens (tertiary/aromatic N) is 2. The Morgan fingerprint density at radius 2 is 1.61 bits per heavy atom. The lowest BCUT2D eigenvalue weighted by Gasteiger charge is -2.29. The third kappa shape index (κ3) is 7.67. The molecule has 0 aliphatic rings. The normalized spacial score (nSPS) is 13.4. The number of carbonyl (C=O) groups is 1. The van der Waals surface area contributed by atoms with Gasteiger partial charge in [-0.15, -0.1) is 0 Å². The maximum atomic E-state index is 12.3. The minimum Gasteiger partial charge on any atom is -0.340 e. The lowest BCUT2D eigenvalue weighted by atomic mass is 10.0. The summed E-state index contributed by atoms with van der Waals surface area (Å²) in [4.78, 5) is 16.3. The highest BCUT2D eigenvalue weighted by molar-refractivity contribution is 5.81. The van der Waals surface area contributed by atoms with E-state index in [1.165, 1.54) is 0 Å². The van der Waals surface area contributed by atoms with Gasteiger partial charge in [-0.2, -0.15) is 0 Å². The van der Waals surface area contributed by atoms with Crippen molar-refractivity contribution in [3.63, 3.8) is 0 Å². The fourth-order valence-corrected chi connectivity index (χ4v) is 1.90. The largest absolute Gasteiger partial charge is 0.340 e. The molecule has 2 N–H and O–H groups in total. The second-order valence-electron chi connectivity index (χ2n) is 6.22. The van der Waals surface area contributed by atoms with Gasteiger partial charge in [0.2, 0.25) is 5.91 Å². The molecule has 0 aliphatic heterocycles. The topological polar surface area (TPSA) is 49.6 Å². The van der Waals surface area contributed by atoms with E-state index in [1.807, 2.05) is 19.0 Å². The Morgan fingerprint density at radius 3 is 2.00 bits per heavy atom. The minimum atomic E-state index is -0.356. The van der Waals surface area contributed by atoms with Gasteiger partial charge in [-0.3, -0.25) is 4.79 Å². The van der Waals surface area contributed by atoms with Crippen LogP contribution < -0.4 is 5.73 Å². The van der Waals surface area contributed by atoms with E-state index in [9.17, 15) is 4.79 Å². The van der Waals surface area contributed by atoms with Crippen molar-refractivity contribution >= 4 is 5.91 Å². The number of hydrogen-bond acceptors (Lipinski definition) is 3. The van der Waals surface area contributed by atoms with E-state index in [-0.39, 0.29) is 11.9 Å². The Morgan fingerprint density at radius 1 is 1.06 bits per heavy atom. The maximum absolute atomic E-state index is 12.3. The zero-order valence-corrected chi connectivity index (χ0v) is 12.9. The number of hydrogen-bond donors (Lipinski definition) is 1. The third-order valence-corrected chi connectivity index (χ3v) is 2.76. The molecule has 0 aromatic rings. The highest BCUT2D eigenvalue weighted by Crippen LogP contribution is 2.08. The molecular formula is C14H31N3O. The molecule has 0 unspecified atom stereocenters. The van der Waals surface area contributed by atoms with E-state index in [0.717, 1.165) is 26.1 Å². The van der Waals surface area contributed by atoms with Gasteiger partial charge in [-0.25, -0.2) is 0 Å². The Bertz CT molecular complexity index is 239. The van der Waals surface area contributed by atoms with Crippen LogP contribution in [0.1, 0.15) is 34.1 Å². The first kappa shape index (κ1) is 17.4. The monoisotopic (exact) mass is 257 g/mol. The summed E-state index contributed by atoms with van der Waals surface area (Å²) in [6, 6.07) is -0.356. The van der Waals surface area contributed by atoms with E-state index in [1.54, 1.807) is 0 Å². The third-order valence-electron chi connectivity index (χ3n) is 2.76. The summed E-state index contributed by atoms with van der Waals surface area (Å²) < 4.78 is 0. The molecule has 0 aliphatic carbocycles. The Labute approximate surface area is 113 Å².